The van der Waals surface area contributed by atoms with Crippen LogP contribution in [0.3, 0.4) is 0 Å². The predicted molar refractivity (Wildman–Crippen MR) is 79.8 cm³/mol. The summed E-state index contributed by atoms with van der Waals surface area (Å²) in [6.45, 7) is 5.77. The van der Waals surface area contributed by atoms with Gasteiger partial charge in [-0.15, -0.1) is 11.3 Å². The van der Waals surface area contributed by atoms with Gasteiger partial charge < -0.3 is 5.32 Å². The Morgan fingerprint density at radius 2 is 2.05 bits per heavy atom. The zero-order valence-electron chi connectivity index (χ0n) is 11.0. The van der Waals surface area contributed by atoms with Crippen LogP contribution in [0.15, 0.2) is 14.7 Å². The van der Waals surface area contributed by atoms with Gasteiger partial charge in [0.1, 0.15) is 0 Å². The quantitative estimate of drug-likeness (QED) is 0.752. The van der Waals surface area contributed by atoms with E-state index in [0.29, 0.717) is 0 Å². The standard InChI is InChI=1S/C11H17BrN2O3S2/c1-7(2)11(15)13-4-5-14-19(16,17)9-6-10(12)18-8(9)3/h6-7,14H,4-5H2,1-3H3,(H,13,15). The molecule has 1 aromatic heterocycles. The fraction of sp³-hybridized carbons (Fsp3) is 0.545. The highest BCUT2D eigenvalue weighted by molar-refractivity contribution is 9.11. The largest absolute Gasteiger partial charge is 0.355 e. The van der Waals surface area contributed by atoms with Crippen molar-refractivity contribution in [1.82, 2.24) is 10.0 Å². The molecule has 0 unspecified atom stereocenters. The minimum atomic E-state index is -3.51. The molecule has 1 rings (SSSR count). The molecule has 5 nitrogen and oxygen atoms in total. The van der Waals surface area contributed by atoms with E-state index in [2.05, 4.69) is 26.0 Å². The number of halogens is 1. The first-order valence-corrected chi connectivity index (χ1v) is 8.86. The summed E-state index contributed by atoms with van der Waals surface area (Å²) in [4.78, 5) is 12.3. The first-order chi connectivity index (χ1) is 8.74. The molecular weight excluding hydrogens is 352 g/mol. The SMILES string of the molecule is Cc1sc(Br)cc1S(=O)(=O)NCCNC(=O)C(C)C. The second kappa shape index (κ2) is 6.83. The van der Waals surface area contributed by atoms with E-state index in [1.54, 1.807) is 26.8 Å². The van der Waals surface area contributed by atoms with Crippen molar-refractivity contribution in [2.75, 3.05) is 13.1 Å². The number of hydrogen-bond donors (Lipinski definition) is 2. The Morgan fingerprint density at radius 3 is 2.53 bits per heavy atom. The number of nitrogens with one attached hydrogen (secondary N) is 2. The highest BCUT2D eigenvalue weighted by Gasteiger charge is 2.18. The molecule has 1 amide bonds. The molecule has 0 fully saturated rings. The van der Waals surface area contributed by atoms with Crippen molar-refractivity contribution in [2.45, 2.75) is 25.7 Å². The zero-order chi connectivity index (χ0) is 14.6. The van der Waals surface area contributed by atoms with Crippen molar-refractivity contribution in [1.29, 1.82) is 0 Å². The lowest BCUT2D eigenvalue weighted by Crippen LogP contribution is -2.36. The molecule has 0 spiro atoms. The van der Waals surface area contributed by atoms with E-state index in [1.165, 1.54) is 11.3 Å². The van der Waals surface area contributed by atoms with E-state index >= 15 is 0 Å². The van der Waals surface area contributed by atoms with Crippen LogP contribution in [0.4, 0.5) is 0 Å². The second-order valence-corrected chi connectivity index (χ2v) is 8.69. The summed E-state index contributed by atoms with van der Waals surface area (Å²) in [6.07, 6.45) is 0. The van der Waals surface area contributed by atoms with Crippen LogP contribution in [0.2, 0.25) is 0 Å². The number of rotatable bonds is 6. The molecular formula is C11H17BrN2O3S2. The van der Waals surface area contributed by atoms with Gasteiger partial charge in [0.25, 0.3) is 0 Å². The molecule has 0 radical (unpaired) electrons. The summed E-state index contributed by atoms with van der Waals surface area (Å²) >= 11 is 4.63. The third-order valence-electron chi connectivity index (χ3n) is 2.37. The summed E-state index contributed by atoms with van der Waals surface area (Å²) < 4.78 is 27.3. The maximum absolute atomic E-state index is 12.0. The summed E-state index contributed by atoms with van der Waals surface area (Å²) in [5, 5.41) is 2.65. The fourth-order valence-electron chi connectivity index (χ4n) is 1.35. The molecule has 108 valence electrons. The van der Waals surface area contributed by atoms with Crippen LogP contribution in [0.25, 0.3) is 0 Å². The van der Waals surface area contributed by atoms with Crippen molar-refractivity contribution < 1.29 is 13.2 Å². The number of sulfonamides is 1. The zero-order valence-corrected chi connectivity index (χ0v) is 14.2. The maximum atomic E-state index is 12.0. The third kappa shape index (κ3) is 4.87. The molecule has 19 heavy (non-hydrogen) atoms. The number of thiophene rings is 1. The minimum Gasteiger partial charge on any atom is -0.355 e. The molecule has 0 aliphatic rings. The maximum Gasteiger partial charge on any atom is 0.241 e. The van der Waals surface area contributed by atoms with Crippen molar-refractivity contribution in [3.8, 4) is 0 Å². The number of hydrogen-bond acceptors (Lipinski definition) is 4. The topological polar surface area (TPSA) is 75.3 Å². The molecule has 2 N–H and O–H groups in total. The number of aryl methyl sites for hydroxylation is 1. The van der Waals surface area contributed by atoms with Crippen molar-refractivity contribution in [3.05, 3.63) is 14.7 Å². The van der Waals surface area contributed by atoms with Crippen molar-refractivity contribution in [3.63, 3.8) is 0 Å². The Balaban J connectivity index is 2.53. The summed E-state index contributed by atoms with van der Waals surface area (Å²) in [5.41, 5.74) is 0. The fourth-order valence-corrected chi connectivity index (χ4v) is 4.79. The van der Waals surface area contributed by atoms with Gasteiger partial charge in [0.15, 0.2) is 0 Å². The summed E-state index contributed by atoms with van der Waals surface area (Å²) in [7, 11) is -3.51. The highest BCUT2D eigenvalue weighted by atomic mass is 79.9. The smallest absolute Gasteiger partial charge is 0.241 e. The Labute approximate surface area is 126 Å². The number of carbonyl (C=O) groups is 1. The Kier molecular flexibility index (Phi) is 5.97. The van der Waals surface area contributed by atoms with E-state index in [4.69, 9.17) is 0 Å². The van der Waals surface area contributed by atoms with Gasteiger partial charge in [0.2, 0.25) is 15.9 Å². The molecule has 0 aliphatic heterocycles. The van der Waals surface area contributed by atoms with Gasteiger partial charge in [-0.05, 0) is 28.9 Å². The molecule has 0 aliphatic carbocycles. The Bertz CT molecular complexity index is 552. The van der Waals surface area contributed by atoms with E-state index < -0.39 is 10.0 Å². The molecule has 0 aromatic carbocycles. The van der Waals surface area contributed by atoms with Crippen molar-refractivity contribution >= 4 is 43.2 Å². The molecule has 8 heteroatoms. The van der Waals surface area contributed by atoms with Gasteiger partial charge in [-0.25, -0.2) is 13.1 Å². The van der Waals surface area contributed by atoms with Crippen LogP contribution in [0.1, 0.15) is 18.7 Å². The summed E-state index contributed by atoms with van der Waals surface area (Å²) in [6, 6.07) is 1.58. The van der Waals surface area contributed by atoms with Crippen LogP contribution in [0, 0.1) is 12.8 Å². The highest BCUT2D eigenvalue weighted by Crippen LogP contribution is 2.29. The van der Waals surface area contributed by atoms with E-state index in [0.717, 1.165) is 8.66 Å². The molecule has 0 atom stereocenters. The first kappa shape index (κ1) is 16.6. The third-order valence-corrected chi connectivity index (χ3v) is 5.64. The second-order valence-electron chi connectivity index (χ2n) is 4.31. The normalized spacial score (nSPS) is 11.8. The Hall–Kier alpha value is -0.440. The van der Waals surface area contributed by atoms with Gasteiger partial charge in [0.05, 0.1) is 8.68 Å². The van der Waals surface area contributed by atoms with Gasteiger partial charge in [-0.2, -0.15) is 0 Å². The Morgan fingerprint density at radius 1 is 1.42 bits per heavy atom. The average molecular weight is 369 g/mol. The first-order valence-electron chi connectivity index (χ1n) is 5.77. The summed E-state index contributed by atoms with van der Waals surface area (Å²) in [5.74, 6) is -0.194. The lowest BCUT2D eigenvalue weighted by Gasteiger charge is -2.09. The van der Waals surface area contributed by atoms with Gasteiger partial charge >= 0.3 is 0 Å². The van der Waals surface area contributed by atoms with Crippen LogP contribution in [-0.4, -0.2) is 27.4 Å². The van der Waals surface area contributed by atoms with E-state index in [9.17, 15) is 13.2 Å². The van der Waals surface area contributed by atoms with Gasteiger partial charge in [-0.3, -0.25) is 4.79 Å². The molecule has 1 aromatic rings. The molecule has 1 heterocycles. The van der Waals surface area contributed by atoms with Crippen LogP contribution in [-0.2, 0) is 14.8 Å². The average Bonchev–Trinajstić information content (AvgIpc) is 2.64. The van der Waals surface area contributed by atoms with E-state index in [-0.39, 0.29) is 29.8 Å². The number of amides is 1. The lowest BCUT2D eigenvalue weighted by atomic mass is 10.2. The monoisotopic (exact) mass is 368 g/mol. The number of carbonyl (C=O) groups excluding carboxylic acids is 1. The van der Waals surface area contributed by atoms with E-state index in [1.807, 2.05) is 0 Å². The molecule has 0 saturated heterocycles. The van der Waals surface area contributed by atoms with Crippen LogP contribution >= 0.6 is 27.3 Å². The predicted octanol–water partition coefficient (Wildman–Crippen LogP) is 1.87. The van der Waals surface area contributed by atoms with Crippen LogP contribution < -0.4 is 10.0 Å². The molecule has 0 bridgehead atoms. The lowest BCUT2D eigenvalue weighted by molar-refractivity contribution is -0.123. The van der Waals surface area contributed by atoms with Crippen molar-refractivity contribution in [2.24, 2.45) is 5.92 Å². The van der Waals surface area contributed by atoms with Crippen LogP contribution in [0.5, 0.6) is 0 Å². The minimum absolute atomic E-state index is 0.0892. The molecule has 0 saturated carbocycles. The van der Waals surface area contributed by atoms with Gasteiger partial charge in [0, 0.05) is 23.9 Å². The van der Waals surface area contributed by atoms with Gasteiger partial charge in [-0.1, -0.05) is 13.8 Å².